The number of carbonyl (C=O) groups excluding carboxylic acids is 2. The van der Waals surface area contributed by atoms with Crippen LogP contribution in [0.15, 0.2) is 59.6 Å². The molecule has 6 N–H and O–H groups in total. The third kappa shape index (κ3) is 8.23. The first-order valence-corrected chi connectivity index (χ1v) is 14.3. The first-order valence-electron chi connectivity index (χ1n) is 13.1. The molecule has 40 heavy (non-hydrogen) atoms. The van der Waals surface area contributed by atoms with Crippen LogP contribution in [0.5, 0.6) is 0 Å². The number of piperidine rings is 1. The molecule has 2 atom stereocenters. The Morgan fingerprint density at radius 1 is 1.12 bits per heavy atom. The molecule has 0 bridgehead atoms. The molecule has 212 valence electrons. The molecule has 0 spiro atoms. The van der Waals surface area contributed by atoms with E-state index in [0.29, 0.717) is 11.4 Å². The lowest BCUT2D eigenvalue weighted by atomic mass is 9.90. The van der Waals surface area contributed by atoms with Crippen molar-refractivity contribution in [1.29, 1.82) is 5.41 Å². The number of carbonyl (C=O) groups is 3. The predicted octanol–water partition coefficient (Wildman–Crippen LogP) is 3.42. The standard InChI is InChI=1S/C28H33ClN6O4S/c29-20-5-7-21(8-6-20)40-34-24(13-18-9-11-35(17-30)12-10-18)27(37)32-16-26(36)33-25(28(38)39)14-19-15-31-23-4-2-1-3-22(19)23/h1-8,15,17-18,24-25,30-31,34H,9-14,16H2,(H,32,37)(H,33,36)(H,38,39). The monoisotopic (exact) mass is 584 g/mol. The average molecular weight is 585 g/mol. The number of aliphatic carboxylic acids is 1. The largest absolute Gasteiger partial charge is 0.480 e. The zero-order valence-corrected chi connectivity index (χ0v) is 23.4. The molecular weight excluding hydrogens is 552 g/mol. The summed E-state index contributed by atoms with van der Waals surface area (Å²) in [4.78, 5) is 43.7. The average Bonchev–Trinajstić information content (AvgIpc) is 3.37. The van der Waals surface area contributed by atoms with Crippen LogP contribution in [-0.2, 0) is 20.8 Å². The smallest absolute Gasteiger partial charge is 0.326 e. The summed E-state index contributed by atoms with van der Waals surface area (Å²) in [5, 5.41) is 23.9. The second-order valence-electron chi connectivity index (χ2n) is 9.81. The number of hydrogen-bond acceptors (Lipinski definition) is 6. The van der Waals surface area contributed by atoms with Crippen molar-refractivity contribution in [3.8, 4) is 0 Å². The molecule has 12 heteroatoms. The molecule has 1 aliphatic heterocycles. The van der Waals surface area contributed by atoms with Crippen LogP contribution in [0.3, 0.4) is 0 Å². The Morgan fingerprint density at radius 2 is 1.85 bits per heavy atom. The van der Waals surface area contributed by atoms with Crippen molar-refractivity contribution in [2.24, 2.45) is 5.92 Å². The zero-order valence-electron chi connectivity index (χ0n) is 21.9. The van der Waals surface area contributed by atoms with Gasteiger partial charge in [-0.05, 0) is 73.0 Å². The third-order valence-corrected chi connectivity index (χ3v) is 8.17. The van der Waals surface area contributed by atoms with E-state index < -0.39 is 24.0 Å². The molecule has 1 saturated heterocycles. The van der Waals surface area contributed by atoms with E-state index in [1.54, 1.807) is 18.3 Å². The van der Waals surface area contributed by atoms with Gasteiger partial charge in [0.1, 0.15) is 6.04 Å². The number of nitrogens with one attached hydrogen (secondary N) is 5. The summed E-state index contributed by atoms with van der Waals surface area (Å²) in [6.07, 6.45) is 5.49. The lowest BCUT2D eigenvalue weighted by molar-refractivity contribution is -0.141. The highest BCUT2D eigenvalue weighted by Crippen LogP contribution is 2.24. The predicted molar refractivity (Wildman–Crippen MR) is 157 cm³/mol. The van der Waals surface area contributed by atoms with Gasteiger partial charge in [0.15, 0.2) is 0 Å². The Bertz CT molecular complexity index is 1330. The molecular formula is C28H33ClN6O4S. The van der Waals surface area contributed by atoms with Gasteiger partial charge in [0, 0.05) is 46.5 Å². The Balaban J connectivity index is 1.34. The maximum absolute atomic E-state index is 13.2. The minimum atomic E-state index is -1.15. The van der Waals surface area contributed by atoms with Crippen molar-refractivity contribution in [2.75, 3.05) is 19.6 Å². The molecule has 2 aromatic carbocycles. The summed E-state index contributed by atoms with van der Waals surface area (Å²) in [6.45, 7) is 1.19. The number of carboxylic acid groups (broad SMARTS) is 1. The highest BCUT2D eigenvalue weighted by molar-refractivity contribution is 7.97. The van der Waals surface area contributed by atoms with Crippen LogP contribution < -0.4 is 15.4 Å². The molecule has 2 heterocycles. The third-order valence-electron chi connectivity index (χ3n) is 7.01. The molecule has 0 radical (unpaired) electrons. The Morgan fingerprint density at radius 3 is 2.55 bits per heavy atom. The van der Waals surface area contributed by atoms with Crippen molar-refractivity contribution >= 4 is 58.6 Å². The van der Waals surface area contributed by atoms with Gasteiger partial charge < -0.3 is 25.6 Å². The van der Waals surface area contributed by atoms with Gasteiger partial charge in [-0.25, -0.2) is 9.52 Å². The molecule has 0 aliphatic carbocycles. The number of rotatable bonds is 13. The molecule has 1 fully saturated rings. The van der Waals surface area contributed by atoms with E-state index >= 15 is 0 Å². The van der Waals surface area contributed by atoms with E-state index in [1.165, 1.54) is 18.3 Å². The molecule has 3 aromatic rings. The van der Waals surface area contributed by atoms with Crippen LogP contribution in [0.25, 0.3) is 10.9 Å². The second-order valence-corrected chi connectivity index (χ2v) is 11.2. The number of carboxylic acids is 1. The van der Waals surface area contributed by atoms with Crippen molar-refractivity contribution in [2.45, 2.75) is 42.7 Å². The number of fused-ring (bicyclic) bond motifs is 1. The maximum atomic E-state index is 13.2. The van der Waals surface area contributed by atoms with Crippen molar-refractivity contribution in [1.82, 2.24) is 25.2 Å². The fourth-order valence-electron chi connectivity index (χ4n) is 4.76. The number of halogens is 1. The maximum Gasteiger partial charge on any atom is 0.326 e. The molecule has 2 unspecified atom stereocenters. The first-order chi connectivity index (χ1) is 19.3. The zero-order chi connectivity index (χ0) is 28.5. The van der Waals surface area contributed by atoms with Gasteiger partial charge in [0.05, 0.1) is 18.9 Å². The number of aromatic amines is 1. The molecule has 1 aromatic heterocycles. The van der Waals surface area contributed by atoms with Crippen LogP contribution in [0, 0.1) is 11.3 Å². The minimum Gasteiger partial charge on any atom is -0.480 e. The molecule has 1 aliphatic rings. The lowest BCUT2D eigenvalue weighted by Crippen LogP contribution is -2.50. The van der Waals surface area contributed by atoms with Crippen LogP contribution in [0.1, 0.15) is 24.8 Å². The molecule has 4 rings (SSSR count). The van der Waals surface area contributed by atoms with Gasteiger partial charge in [-0.3, -0.25) is 15.0 Å². The summed E-state index contributed by atoms with van der Waals surface area (Å²) in [6, 6.07) is 13.1. The van der Waals surface area contributed by atoms with E-state index in [0.717, 1.165) is 47.3 Å². The topological polar surface area (TPSA) is 150 Å². The number of aromatic nitrogens is 1. The summed E-state index contributed by atoms with van der Waals surface area (Å²) in [5.41, 5.74) is 1.67. The summed E-state index contributed by atoms with van der Waals surface area (Å²) in [7, 11) is 0. The number of benzene rings is 2. The fourth-order valence-corrected chi connectivity index (χ4v) is 5.64. The Kier molecular flexibility index (Phi) is 10.5. The van der Waals surface area contributed by atoms with Crippen LogP contribution in [-0.4, -0.2) is 70.8 Å². The Hall–Kier alpha value is -3.54. The number of H-pyrrole nitrogens is 1. The minimum absolute atomic E-state index is 0.107. The van der Waals surface area contributed by atoms with Crippen molar-refractivity contribution in [3.63, 3.8) is 0 Å². The molecule has 2 amide bonds. The van der Waals surface area contributed by atoms with E-state index in [9.17, 15) is 19.5 Å². The highest BCUT2D eigenvalue weighted by atomic mass is 35.5. The summed E-state index contributed by atoms with van der Waals surface area (Å²) < 4.78 is 3.23. The summed E-state index contributed by atoms with van der Waals surface area (Å²) >= 11 is 7.29. The normalized spacial score (nSPS) is 15.4. The second kappa shape index (κ2) is 14.2. The first kappa shape index (κ1) is 29.4. The number of amides is 2. The number of nitrogens with zero attached hydrogens (tertiary/aromatic N) is 1. The van der Waals surface area contributed by atoms with E-state index in [1.807, 2.05) is 41.3 Å². The van der Waals surface area contributed by atoms with Crippen LogP contribution in [0.4, 0.5) is 0 Å². The lowest BCUT2D eigenvalue weighted by Gasteiger charge is -2.32. The summed E-state index contributed by atoms with van der Waals surface area (Å²) in [5.74, 6) is -1.79. The quantitative estimate of drug-likeness (QED) is 0.102. The van der Waals surface area contributed by atoms with Crippen molar-refractivity contribution < 1.29 is 19.5 Å². The Labute approximate surface area is 241 Å². The van der Waals surface area contributed by atoms with E-state index in [2.05, 4.69) is 20.3 Å². The SMILES string of the molecule is N=CN1CCC(CC(NSc2ccc(Cl)cc2)C(=O)NCC(=O)NC(Cc2c[nH]c3ccccc23)C(=O)O)CC1. The fraction of sp³-hybridized carbons (Fsp3) is 0.357. The van der Waals surface area contributed by atoms with Crippen molar-refractivity contribution in [3.05, 3.63) is 65.3 Å². The van der Waals surface area contributed by atoms with Gasteiger partial charge in [-0.1, -0.05) is 29.8 Å². The van der Waals surface area contributed by atoms with Gasteiger partial charge in [-0.15, -0.1) is 0 Å². The van der Waals surface area contributed by atoms with Crippen LogP contribution >= 0.6 is 23.5 Å². The highest BCUT2D eigenvalue weighted by Gasteiger charge is 2.27. The molecule has 10 nitrogen and oxygen atoms in total. The number of likely N-dealkylation sites (tertiary alicyclic amines) is 1. The van der Waals surface area contributed by atoms with Crippen LogP contribution in [0.2, 0.25) is 5.02 Å². The van der Waals surface area contributed by atoms with Gasteiger partial charge >= 0.3 is 5.97 Å². The van der Waals surface area contributed by atoms with Gasteiger partial charge in [0.2, 0.25) is 11.8 Å². The van der Waals surface area contributed by atoms with E-state index in [4.69, 9.17) is 17.0 Å². The van der Waals surface area contributed by atoms with E-state index in [-0.39, 0.29) is 24.8 Å². The van der Waals surface area contributed by atoms with Gasteiger partial charge in [0.25, 0.3) is 0 Å². The molecule has 0 saturated carbocycles. The van der Waals surface area contributed by atoms with Gasteiger partial charge in [-0.2, -0.15) is 0 Å². The number of para-hydroxylation sites is 1. The number of hydrogen-bond donors (Lipinski definition) is 6.